The number of fused-ring (bicyclic) bond motifs is 1. The smallest absolute Gasteiger partial charge is 0.270 e. The van der Waals surface area contributed by atoms with Crippen LogP contribution < -0.4 is 5.32 Å². The zero-order valence-electron chi connectivity index (χ0n) is 16.7. The third-order valence-corrected chi connectivity index (χ3v) is 5.82. The molecule has 1 aliphatic heterocycles. The van der Waals surface area contributed by atoms with Gasteiger partial charge in [0.2, 0.25) is 5.91 Å². The van der Waals surface area contributed by atoms with Gasteiger partial charge in [0.25, 0.3) is 17.5 Å². The van der Waals surface area contributed by atoms with E-state index in [-0.39, 0.29) is 48.7 Å². The molecule has 0 fully saturated rings. The van der Waals surface area contributed by atoms with Gasteiger partial charge in [-0.2, -0.15) is 0 Å². The van der Waals surface area contributed by atoms with Crippen LogP contribution in [0.4, 0.5) is 5.69 Å². The summed E-state index contributed by atoms with van der Waals surface area (Å²) in [4.78, 5) is 56.9. The number of rotatable bonds is 8. The summed E-state index contributed by atoms with van der Waals surface area (Å²) in [7, 11) is 0. The fraction of sp³-hybridized carbons (Fsp3) is 0.190. The van der Waals surface area contributed by atoms with Crippen LogP contribution in [0.5, 0.6) is 0 Å². The molecule has 0 saturated carbocycles. The van der Waals surface area contributed by atoms with Gasteiger partial charge in [-0.15, -0.1) is 11.3 Å². The molecule has 3 heterocycles. The Morgan fingerprint density at radius 2 is 2.00 bits per heavy atom. The van der Waals surface area contributed by atoms with E-state index in [0.717, 1.165) is 27.2 Å². The second kappa shape index (κ2) is 9.02. The highest BCUT2D eigenvalue weighted by Gasteiger charge is 2.36. The number of non-ortho nitro benzene ring substituents is 1. The van der Waals surface area contributed by atoms with E-state index in [9.17, 15) is 24.5 Å². The zero-order valence-corrected chi connectivity index (χ0v) is 17.5. The third kappa shape index (κ3) is 4.37. The predicted molar refractivity (Wildman–Crippen MR) is 115 cm³/mol. The van der Waals surface area contributed by atoms with Gasteiger partial charge < -0.3 is 5.32 Å². The van der Waals surface area contributed by atoms with E-state index < -0.39 is 16.7 Å². The fourth-order valence-electron chi connectivity index (χ4n) is 3.28. The van der Waals surface area contributed by atoms with Crippen molar-refractivity contribution in [2.24, 2.45) is 0 Å². The molecule has 11 heteroatoms. The zero-order chi connectivity index (χ0) is 22.7. The van der Waals surface area contributed by atoms with E-state index in [1.165, 1.54) is 23.5 Å². The lowest BCUT2D eigenvalue weighted by molar-refractivity contribution is -0.384. The highest BCUT2D eigenvalue weighted by molar-refractivity contribution is 7.13. The number of nitro benzene ring substituents is 1. The first kappa shape index (κ1) is 21.2. The average molecular weight is 451 g/mol. The summed E-state index contributed by atoms with van der Waals surface area (Å²) in [5, 5.41) is 16.3. The third-order valence-electron chi connectivity index (χ3n) is 4.88. The van der Waals surface area contributed by atoms with E-state index in [1.54, 1.807) is 12.4 Å². The number of amides is 3. The molecule has 1 aromatic carbocycles. The molecule has 2 aromatic heterocycles. The van der Waals surface area contributed by atoms with E-state index in [0.29, 0.717) is 0 Å². The number of aromatic nitrogens is 2. The van der Waals surface area contributed by atoms with Crippen molar-refractivity contribution in [3.63, 3.8) is 0 Å². The Labute approximate surface area is 186 Å². The van der Waals surface area contributed by atoms with Crippen LogP contribution in [0.3, 0.4) is 0 Å². The van der Waals surface area contributed by atoms with Gasteiger partial charge in [-0.25, -0.2) is 4.98 Å². The summed E-state index contributed by atoms with van der Waals surface area (Å²) >= 11 is 1.46. The average Bonchev–Trinajstić information content (AvgIpc) is 3.37. The summed E-state index contributed by atoms with van der Waals surface area (Å²) in [5.41, 5.74) is 1.53. The molecular formula is C21H17N5O5S. The van der Waals surface area contributed by atoms with Crippen LogP contribution in [0, 0.1) is 10.1 Å². The number of pyridine rings is 1. The summed E-state index contributed by atoms with van der Waals surface area (Å²) in [6, 6.07) is 7.32. The number of hydrogen-bond acceptors (Lipinski definition) is 8. The second-order valence-corrected chi connectivity index (χ2v) is 7.87. The van der Waals surface area contributed by atoms with Gasteiger partial charge in [0.05, 0.1) is 28.3 Å². The lowest BCUT2D eigenvalue weighted by atomic mass is 10.1. The van der Waals surface area contributed by atoms with Gasteiger partial charge in [0, 0.05) is 48.4 Å². The topological polar surface area (TPSA) is 135 Å². The molecule has 0 bridgehead atoms. The fourth-order valence-corrected chi connectivity index (χ4v) is 4.09. The van der Waals surface area contributed by atoms with Crippen LogP contribution in [0.15, 0.2) is 48.1 Å². The molecule has 32 heavy (non-hydrogen) atoms. The predicted octanol–water partition coefficient (Wildman–Crippen LogP) is 2.81. The minimum atomic E-state index is -0.618. The van der Waals surface area contributed by atoms with Crippen molar-refractivity contribution in [2.45, 2.75) is 19.4 Å². The molecule has 10 nitrogen and oxygen atoms in total. The van der Waals surface area contributed by atoms with Gasteiger partial charge in [0.15, 0.2) is 0 Å². The van der Waals surface area contributed by atoms with Gasteiger partial charge in [-0.05, 0) is 24.6 Å². The number of carbonyl (C=O) groups excluding carboxylic acids is 3. The summed E-state index contributed by atoms with van der Waals surface area (Å²) in [6.45, 7) is 0.321. The first-order valence-corrected chi connectivity index (χ1v) is 10.6. The number of carbonyl (C=O) groups is 3. The molecule has 0 unspecified atom stereocenters. The van der Waals surface area contributed by atoms with Crippen molar-refractivity contribution in [1.29, 1.82) is 0 Å². The maximum atomic E-state index is 12.5. The maximum absolute atomic E-state index is 12.5. The number of thiazole rings is 1. The van der Waals surface area contributed by atoms with Crippen molar-refractivity contribution in [3.8, 4) is 10.6 Å². The van der Waals surface area contributed by atoms with Gasteiger partial charge in [-0.1, -0.05) is 0 Å². The van der Waals surface area contributed by atoms with Gasteiger partial charge in [0.1, 0.15) is 5.01 Å². The molecule has 3 aromatic rings. The minimum Gasteiger partial charge on any atom is -0.350 e. The van der Waals surface area contributed by atoms with Crippen molar-refractivity contribution in [2.75, 3.05) is 6.54 Å². The van der Waals surface area contributed by atoms with Crippen molar-refractivity contribution in [3.05, 3.63) is 75.0 Å². The van der Waals surface area contributed by atoms with Crippen LogP contribution in [-0.2, 0) is 11.3 Å². The molecular weight excluding hydrogens is 434 g/mol. The lowest BCUT2D eigenvalue weighted by Crippen LogP contribution is -2.32. The lowest BCUT2D eigenvalue weighted by Gasteiger charge is -2.13. The number of hydrogen-bond donors (Lipinski definition) is 1. The quantitative estimate of drug-likeness (QED) is 0.316. The van der Waals surface area contributed by atoms with E-state index in [4.69, 9.17) is 0 Å². The number of imide groups is 1. The van der Waals surface area contributed by atoms with Crippen molar-refractivity contribution in [1.82, 2.24) is 20.2 Å². The van der Waals surface area contributed by atoms with Gasteiger partial charge in [-0.3, -0.25) is 34.4 Å². The monoisotopic (exact) mass is 451 g/mol. The van der Waals surface area contributed by atoms with E-state index >= 15 is 0 Å². The highest BCUT2D eigenvalue weighted by atomic mass is 32.1. The Hall–Kier alpha value is -3.99. The molecule has 0 saturated heterocycles. The van der Waals surface area contributed by atoms with Crippen LogP contribution in [-0.4, -0.2) is 44.1 Å². The van der Waals surface area contributed by atoms with Crippen LogP contribution in [0.2, 0.25) is 0 Å². The van der Waals surface area contributed by atoms with Gasteiger partial charge >= 0.3 is 0 Å². The molecule has 4 rings (SSSR count). The second-order valence-electron chi connectivity index (χ2n) is 7.01. The molecule has 0 radical (unpaired) electrons. The Bertz CT molecular complexity index is 1210. The number of nitrogens with zero attached hydrogens (tertiary/aromatic N) is 4. The standard InChI is InChI=1S/C21H17N5O5S/c27-18(23-11-14-12-32-19(24-14)13-3-1-7-22-10-13)4-2-8-25-20(28)16-6-5-15(26(30)31)9-17(16)21(25)29/h1,3,5-7,9-10,12H,2,4,8,11H2,(H,23,27). The van der Waals surface area contributed by atoms with Crippen LogP contribution in [0.1, 0.15) is 39.3 Å². The first-order valence-electron chi connectivity index (χ1n) is 9.70. The number of nitro groups is 1. The van der Waals surface area contributed by atoms with Crippen molar-refractivity contribution < 1.29 is 19.3 Å². The molecule has 0 aliphatic carbocycles. The molecule has 1 aliphatic rings. The number of benzene rings is 1. The van der Waals surface area contributed by atoms with Crippen LogP contribution >= 0.6 is 11.3 Å². The maximum Gasteiger partial charge on any atom is 0.270 e. The SMILES string of the molecule is O=C(CCCN1C(=O)c2ccc([N+](=O)[O-])cc2C1=O)NCc1csc(-c2cccnc2)n1. The highest BCUT2D eigenvalue weighted by Crippen LogP contribution is 2.27. The molecule has 3 amide bonds. The first-order chi connectivity index (χ1) is 15.4. The normalized spacial score (nSPS) is 12.7. The summed E-state index contributed by atoms with van der Waals surface area (Å²) < 4.78 is 0. The Morgan fingerprint density at radius 3 is 2.75 bits per heavy atom. The van der Waals surface area contributed by atoms with E-state index in [2.05, 4.69) is 15.3 Å². The number of nitrogens with one attached hydrogen (secondary N) is 1. The molecule has 1 N–H and O–H groups in total. The minimum absolute atomic E-state index is 0.0154. The Morgan fingerprint density at radius 1 is 1.19 bits per heavy atom. The largest absolute Gasteiger partial charge is 0.350 e. The molecule has 162 valence electrons. The molecule has 0 spiro atoms. The van der Waals surface area contributed by atoms with E-state index in [1.807, 2.05) is 17.5 Å². The van der Waals surface area contributed by atoms with Crippen molar-refractivity contribution >= 4 is 34.7 Å². The Kier molecular flexibility index (Phi) is 5.99. The molecule has 0 atom stereocenters. The summed E-state index contributed by atoms with van der Waals surface area (Å²) in [6.07, 6.45) is 3.80. The van der Waals surface area contributed by atoms with Crippen LogP contribution in [0.25, 0.3) is 10.6 Å². The summed E-state index contributed by atoms with van der Waals surface area (Å²) in [5.74, 6) is -1.32. The Balaban J connectivity index is 1.26.